The second-order valence-electron chi connectivity index (χ2n) is 11.0. The molecule has 0 amide bonds. The van der Waals surface area contributed by atoms with Crippen molar-refractivity contribution in [3.63, 3.8) is 0 Å². The number of ether oxygens (including phenoxy) is 1. The number of aromatic nitrogens is 4. The number of morpholine rings is 1. The summed E-state index contributed by atoms with van der Waals surface area (Å²) in [5.41, 5.74) is 2.14. The van der Waals surface area contributed by atoms with E-state index in [1.807, 2.05) is 11.8 Å². The second kappa shape index (κ2) is 10.3. The predicted octanol–water partition coefficient (Wildman–Crippen LogP) is 3.87. The molecule has 222 valence electrons. The first kappa shape index (κ1) is 27.2. The Kier molecular flexibility index (Phi) is 6.51. The Hall–Kier alpha value is -4.62. The molecule has 5 aromatic rings. The van der Waals surface area contributed by atoms with Gasteiger partial charge in [0.2, 0.25) is 5.43 Å². The normalized spacial score (nSPS) is 19.1. The lowest BCUT2D eigenvalue weighted by Crippen LogP contribution is -2.41. The van der Waals surface area contributed by atoms with Crippen LogP contribution in [0, 0.1) is 11.6 Å². The SMILES string of the molecule is CNc1cc(F)c(F)c2c1[nH]c1ncc(-c3cnc4c(c3)c(=O)c(C(=O)O)cn4[C@H]3CCNC3)c(N3CCO[C@@H](C)C3)c12. The zero-order chi connectivity index (χ0) is 30.0. The van der Waals surface area contributed by atoms with Crippen molar-refractivity contribution in [3.8, 4) is 11.1 Å². The van der Waals surface area contributed by atoms with E-state index in [0.717, 1.165) is 19.0 Å². The third kappa shape index (κ3) is 4.29. The van der Waals surface area contributed by atoms with Gasteiger partial charge in [-0.2, -0.15) is 0 Å². The van der Waals surface area contributed by atoms with Crippen molar-refractivity contribution in [2.24, 2.45) is 0 Å². The highest BCUT2D eigenvalue weighted by atomic mass is 19.2. The third-order valence-corrected chi connectivity index (χ3v) is 8.43. The van der Waals surface area contributed by atoms with E-state index in [0.29, 0.717) is 70.9 Å². The molecule has 2 saturated heterocycles. The molecule has 0 unspecified atom stereocenters. The van der Waals surface area contributed by atoms with Crippen LogP contribution in [-0.2, 0) is 4.74 Å². The van der Waals surface area contributed by atoms with Gasteiger partial charge in [0.15, 0.2) is 11.6 Å². The molecular formula is C30H29F2N7O4. The molecule has 43 heavy (non-hydrogen) atoms. The monoisotopic (exact) mass is 589 g/mol. The average molecular weight is 590 g/mol. The number of nitrogens with zero attached hydrogens (tertiary/aromatic N) is 4. The van der Waals surface area contributed by atoms with E-state index in [9.17, 15) is 19.1 Å². The van der Waals surface area contributed by atoms with E-state index in [2.05, 4.69) is 25.6 Å². The fourth-order valence-electron chi connectivity index (χ4n) is 6.39. The maximum atomic E-state index is 15.6. The van der Waals surface area contributed by atoms with Gasteiger partial charge in [0.05, 0.1) is 45.8 Å². The molecule has 2 atom stereocenters. The number of halogens is 2. The zero-order valence-corrected chi connectivity index (χ0v) is 23.5. The van der Waals surface area contributed by atoms with Crippen LogP contribution < -0.4 is 21.0 Å². The minimum absolute atomic E-state index is 0.0563. The second-order valence-corrected chi connectivity index (χ2v) is 11.0. The summed E-state index contributed by atoms with van der Waals surface area (Å²) in [5, 5.41) is 16.6. The van der Waals surface area contributed by atoms with Crippen molar-refractivity contribution in [1.82, 2.24) is 24.8 Å². The van der Waals surface area contributed by atoms with E-state index >= 15 is 4.39 Å². The Bertz CT molecular complexity index is 2000. The number of benzene rings is 1. The van der Waals surface area contributed by atoms with Gasteiger partial charge in [-0.25, -0.2) is 23.5 Å². The van der Waals surface area contributed by atoms with Gasteiger partial charge in [0, 0.05) is 68.5 Å². The van der Waals surface area contributed by atoms with Crippen LogP contribution in [0.25, 0.3) is 44.1 Å². The molecular weight excluding hydrogens is 560 g/mol. The van der Waals surface area contributed by atoms with E-state index in [4.69, 9.17) is 4.74 Å². The molecule has 2 fully saturated rings. The predicted molar refractivity (Wildman–Crippen MR) is 159 cm³/mol. The summed E-state index contributed by atoms with van der Waals surface area (Å²) < 4.78 is 38.0. The fraction of sp³-hybridized carbons (Fsp3) is 0.333. The summed E-state index contributed by atoms with van der Waals surface area (Å²) in [5.74, 6) is -3.32. The highest BCUT2D eigenvalue weighted by Crippen LogP contribution is 2.43. The van der Waals surface area contributed by atoms with E-state index < -0.39 is 23.0 Å². The summed E-state index contributed by atoms with van der Waals surface area (Å²) >= 11 is 0. The smallest absolute Gasteiger partial charge is 0.341 e. The Morgan fingerprint density at radius 1 is 1.21 bits per heavy atom. The van der Waals surface area contributed by atoms with Gasteiger partial charge in [0.1, 0.15) is 16.9 Å². The molecule has 4 N–H and O–H groups in total. The van der Waals surface area contributed by atoms with Gasteiger partial charge in [-0.1, -0.05) is 0 Å². The van der Waals surface area contributed by atoms with Gasteiger partial charge >= 0.3 is 5.97 Å². The van der Waals surface area contributed by atoms with Gasteiger partial charge in [0.25, 0.3) is 0 Å². The summed E-state index contributed by atoms with van der Waals surface area (Å²) in [6.07, 6.45) is 5.22. The number of anilines is 2. The number of aromatic carboxylic acids is 1. The van der Waals surface area contributed by atoms with E-state index in [1.165, 1.54) is 6.20 Å². The Morgan fingerprint density at radius 2 is 2.05 bits per heavy atom. The minimum Gasteiger partial charge on any atom is -0.477 e. The van der Waals surface area contributed by atoms with Gasteiger partial charge < -0.3 is 34.9 Å². The quantitative estimate of drug-likeness (QED) is 0.241. The number of carbonyl (C=O) groups is 1. The van der Waals surface area contributed by atoms with Crippen LogP contribution in [0.5, 0.6) is 0 Å². The Morgan fingerprint density at radius 3 is 2.77 bits per heavy atom. The first-order valence-electron chi connectivity index (χ1n) is 14.1. The lowest BCUT2D eigenvalue weighted by Gasteiger charge is -2.34. The lowest BCUT2D eigenvalue weighted by molar-refractivity contribution is 0.0533. The molecule has 0 aliphatic carbocycles. The van der Waals surface area contributed by atoms with Crippen LogP contribution in [0.2, 0.25) is 0 Å². The molecule has 2 aliphatic heterocycles. The first-order valence-corrected chi connectivity index (χ1v) is 14.1. The number of hydrogen-bond donors (Lipinski definition) is 4. The van der Waals surface area contributed by atoms with Crippen molar-refractivity contribution in [2.45, 2.75) is 25.5 Å². The summed E-state index contributed by atoms with van der Waals surface area (Å²) in [6.45, 7) is 4.69. The van der Waals surface area contributed by atoms with Crippen LogP contribution in [0.15, 0.2) is 35.5 Å². The summed E-state index contributed by atoms with van der Waals surface area (Å²) in [4.78, 5) is 40.0. The first-order chi connectivity index (χ1) is 20.8. The molecule has 0 bridgehead atoms. The molecule has 7 rings (SSSR count). The number of carboxylic acids is 1. The van der Waals surface area contributed by atoms with Crippen LogP contribution in [0.1, 0.15) is 29.7 Å². The summed E-state index contributed by atoms with van der Waals surface area (Å²) in [7, 11) is 1.63. The highest BCUT2D eigenvalue weighted by Gasteiger charge is 2.29. The standard InChI is InChI=1S/C30H29F2N7O4/c1-14-12-38(5-6-43-14)26-18(11-35-28-23(26)22-24(32)20(31)8-21(33-2)25(22)37-28)15-7-17-27(40)19(30(41)42)13-39(29(17)36-9-15)16-3-4-34-10-16/h7-9,11,13-14,16,33-34H,3-6,10,12H2,1-2H3,(H,35,37)(H,41,42)/t14-,16-/m0/s1. The number of aromatic amines is 1. The van der Waals surface area contributed by atoms with Crippen LogP contribution in [-0.4, -0.2) is 76.5 Å². The molecule has 13 heteroatoms. The molecule has 4 aromatic heterocycles. The number of hydrogen-bond acceptors (Lipinski definition) is 8. The van der Waals surface area contributed by atoms with E-state index in [-0.39, 0.29) is 28.5 Å². The van der Waals surface area contributed by atoms with E-state index in [1.54, 1.807) is 30.1 Å². The van der Waals surface area contributed by atoms with Crippen molar-refractivity contribution in [1.29, 1.82) is 0 Å². The molecule has 0 radical (unpaired) electrons. The summed E-state index contributed by atoms with van der Waals surface area (Å²) in [6, 6.07) is 2.66. The third-order valence-electron chi connectivity index (χ3n) is 8.43. The minimum atomic E-state index is -1.32. The molecule has 11 nitrogen and oxygen atoms in total. The number of rotatable bonds is 5. The topological polar surface area (TPSA) is 137 Å². The van der Waals surface area contributed by atoms with Crippen LogP contribution in [0.4, 0.5) is 20.2 Å². The van der Waals surface area contributed by atoms with Crippen molar-refractivity contribution in [3.05, 3.63) is 58.1 Å². The van der Waals surface area contributed by atoms with Crippen LogP contribution >= 0.6 is 0 Å². The number of pyridine rings is 3. The van der Waals surface area contributed by atoms with Gasteiger partial charge in [-0.3, -0.25) is 4.79 Å². The maximum Gasteiger partial charge on any atom is 0.341 e. The zero-order valence-electron chi connectivity index (χ0n) is 23.5. The Labute approximate surface area is 243 Å². The average Bonchev–Trinajstić information content (AvgIpc) is 3.67. The van der Waals surface area contributed by atoms with Crippen molar-refractivity contribution in [2.75, 3.05) is 50.1 Å². The highest BCUT2D eigenvalue weighted by molar-refractivity contribution is 6.18. The molecule has 6 heterocycles. The Balaban J connectivity index is 1.54. The molecule has 2 aliphatic rings. The fourth-order valence-corrected chi connectivity index (χ4v) is 6.39. The lowest BCUT2D eigenvalue weighted by atomic mass is 10.00. The van der Waals surface area contributed by atoms with Crippen molar-refractivity contribution < 1.29 is 23.4 Å². The maximum absolute atomic E-state index is 15.6. The number of carboxylic acid groups (broad SMARTS) is 1. The van der Waals surface area contributed by atoms with Gasteiger partial charge in [-0.15, -0.1) is 0 Å². The largest absolute Gasteiger partial charge is 0.477 e. The molecule has 0 spiro atoms. The number of fused-ring (bicyclic) bond motifs is 4. The number of nitrogens with one attached hydrogen (secondary N) is 3. The molecule has 1 aromatic carbocycles. The van der Waals surface area contributed by atoms with Crippen molar-refractivity contribution >= 4 is 50.3 Å². The molecule has 0 saturated carbocycles. The number of H-pyrrole nitrogens is 1. The van der Waals surface area contributed by atoms with Crippen LogP contribution in [0.3, 0.4) is 0 Å². The van der Waals surface area contributed by atoms with Gasteiger partial charge in [-0.05, 0) is 26.0 Å².